The highest BCUT2D eigenvalue weighted by Crippen LogP contribution is 2.38. The molecule has 0 heterocycles. The van der Waals surface area contributed by atoms with Gasteiger partial charge in [-0.2, -0.15) is 0 Å². The fourth-order valence-electron chi connectivity index (χ4n) is 2.84. The topological polar surface area (TPSA) is 89.3 Å². The van der Waals surface area contributed by atoms with Crippen molar-refractivity contribution in [1.29, 1.82) is 0 Å². The Morgan fingerprint density at radius 3 is 2.65 bits per heavy atom. The Morgan fingerprint density at radius 1 is 1.45 bits per heavy atom. The number of primary amides is 1. The van der Waals surface area contributed by atoms with E-state index in [0.29, 0.717) is 30.0 Å². The number of para-hydroxylation sites is 1. The average molecular weight is 317 g/mol. The average Bonchev–Trinajstić information content (AvgIpc) is 2.77. The van der Waals surface area contributed by atoms with Gasteiger partial charge in [-0.15, -0.1) is 0 Å². The van der Waals surface area contributed by atoms with Gasteiger partial charge < -0.3 is 11.1 Å². The smallest absolute Gasteiger partial charge is 0.244 e. The monoisotopic (exact) mass is 316 g/mol. The van der Waals surface area contributed by atoms with Crippen molar-refractivity contribution in [3.05, 3.63) is 29.3 Å². The van der Waals surface area contributed by atoms with E-state index in [2.05, 4.69) is 5.32 Å². The van der Waals surface area contributed by atoms with Crippen LogP contribution in [0.3, 0.4) is 0 Å². The molecule has 0 aliphatic heterocycles. The number of rotatable bonds is 4. The molecular weight excluding hydrogens is 300 g/mol. The van der Waals surface area contributed by atoms with Crippen molar-refractivity contribution in [3.63, 3.8) is 0 Å². The molecule has 20 heavy (non-hydrogen) atoms. The van der Waals surface area contributed by atoms with E-state index >= 15 is 0 Å². The zero-order chi connectivity index (χ0) is 15.0. The third-order valence-electron chi connectivity index (χ3n) is 3.78. The molecule has 110 valence electrons. The summed E-state index contributed by atoms with van der Waals surface area (Å²) in [5.74, 6) is -0.662. The van der Waals surface area contributed by atoms with Crippen molar-refractivity contribution in [3.8, 4) is 0 Å². The number of carbonyl (C=O) groups excluding carboxylic acids is 1. The number of amides is 1. The first kappa shape index (κ1) is 15.1. The summed E-state index contributed by atoms with van der Waals surface area (Å²) in [6, 6.07) is 6.88. The number of carbonyl (C=O) groups is 1. The van der Waals surface area contributed by atoms with E-state index in [4.69, 9.17) is 17.3 Å². The molecule has 1 aromatic carbocycles. The quantitative estimate of drug-likeness (QED) is 0.882. The number of hydrogen-bond acceptors (Lipinski definition) is 4. The van der Waals surface area contributed by atoms with E-state index in [1.165, 1.54) is 0 Å². The lowest BCUT2D eigenvalue weighted by Gasteiger charge is -2.33. The van der Waals surface area contributed by atoms with Crippen LogP contribution in [0.4, 0.5) is 5.69 Å². The van der Waals surface area contributed by atoms with Crippen LogP contribution in [-0.4, -0.2) is 31.4 Å². The molecule has 2 unspecified atom stereocenters. The number of benzene rings is 1. The van der Waals surface area contributed by atoms with Gasteiger partial charge in [0.25, 0.3) is 0 Å². The van der Waals surface area contributed by atoms with Crippen LogP contribution in [0.5, 0.6) is 0 Å². The van der Waals surface area contributed by atoms with E-state index in [1.807, 2.05) is 0 Å². The van der Waals surface area contributed by atoms with Crippen molar-refractivity contribution >= 4 is 33.0 Å². The van der Waals surface area contributed by atoms with Crippen molar-refractivity contribution in [2.24, 2.45) is 5.73 Å². The lowest BCUT2D eigenvalue weighted by molar-refractivity contribution is -0.122. The zero-order valence-corrected chi connectivity index (χ0v) is 12.7. The van der Waals surface area contributed by atoms with Gasteiger partial charge in [0.05, 0.1) is 16.0 Å². The van der Waals surface area contributed by atoms with Crippen LogP contribution in [0.25, 0.3) is 0 Å². The van der Waals surface area contributed by atoms with E-state index < -0.39 is 26.5 Å². The summed E-state index contributed by atoms with van der Waals surface area (Å²) in [5.41, 5.74) is 4.73. The summed E-state index contributed by atoms with van der Waals surface area (Å²) in [7, 11) is -3.39. The Bertz CT molecular complexity index is 632. The molecule has 2 atom stereocenters. The highest BCUT2D eigenvalue weighted by Gasteiger charge is 2.52. The molecule has 1 aromatic rings. The zero-order valence-electron chi connectivity index (χ0n) is 11.1. The minimum absolute atomic E-state index is 0.380. The van der Waals surface area contributed by atoms with Crippen LogP contribution in [0.15, 0.2) is 24.3 Å². The van der Waals surface area contributed by atoms with Crippen molar-refractivity contribution in [2.45, 2.75) is 30.1 Å². The highest BCUT2D eigenvalue weighted by atomic mass is 35.5. The second-order valence-corrected chi connectivity index (χ2v) is 7.79. The van der Waals surface area contributed by atoms with E-state index in [0.717, 1.165) is 6.26 Å². The van der Waals surface area contributed by atoms with Crippen molar-refractivity contribution in [1.82, 2.24) is 0 Å². The molecule has 0 bridgehead atoms. The summed E-state index contributed by atoms with van der Waals surface area (Å²) < 4.78 is 23.9. The SMILES string of the molecule is CS(=O)(=O)C1CCCC1(Nc1ccccc1Cl)C(N)=O. The minimum Gasteiger partial charge on any atom is -0.369 e. The first-order valence-electron chi connectivity index (χ1n) is 6.29. The summed E-state index contributed by atoms with van der Waals surface area (Å²) in [6.45, 7) is 0. The third kappa shape index (κ3) is 2.62. The van der Waals surface area contributed by atoms with Crippen LogP contribution < -0.4 is 11.1 Å². The summed E-state index contributed by atoms with van der Waals surface area (Å²) in [5, 5.41) is 2.59. The van der Waals surface area contributed by atoms with Gasteiger partial charge in [0, 0.05) is 6.26 Å². The Hall–Kier alpha value is -1.27. The van der Waals surface area contributed by atoms with Crippen molar-refractivity contribution in [2.75, 3.05) is 11.6 Å². The standard InChI is InChI=1S/C13H17ClN2O3S/c1-20(18,19)11-7-4-8-13(11,12(15)17)16-10-6-3-2-5-9(10)14/h2-3,5-6,11,16H,4,7-8H2,1H3,(H2,15,17). The third-order valence-corrected chi connectivity index (χ3v) is 5.78. The van der Waals surface area contributed by atoms with Gasteiger partial charge in [-0.3, -0.25) is 4.79 Å². The second-order valence-electron chi connectivity index (χ2n) is 5.15. The fraction of sp³-hybridized carbons (Fsp3) is 0.462. The van der Waals surface area contributed by atoms with Crippen LogP contribution in [0.2, 0.25) is 5.02 Å². The van der Waals surface area contributed by atoms with Crippen molar-refractivity contribution < 1.29 is 13.2 Å². The van der Waals surface area contributed by atoms with E-state index in [1.54, 1.807) is 24.3 Å². The van der Waals surface area contributed by atoms with Crippen LogP contribution in [0, 0.1) is 0 Å². The normalized spacial score (nSPS) is 26.4. The van der Waals surface area contributed by atoms with Crippen LogP contribution in [0.1, 0.15) is 19.3 Å². The van der Waals surface area contributed by atoms with E-state index in [-0.39, 0.29) is 0 Å². The molecule has 0 saturated heterocycles. The largest absolute Gasteiger partial charge is 0.369 e. The molecular formula is C13H17ClN2O3S. The molecule has 0 spiro atoms. The van der Waals surface area contributed by atoms with E-state index in [9.17, 15) is 13.2 Å². The summed E-state index contributed by atoms with van der Waals surface area (Å²) in [4.78, 5) is 11.9. The number of anilines is 1. The second kappa shape index (κ2) is 5.26. The Balaban J connectivity index is 2.46. The number of hydrogen-bond donors (Lipinski definition) is 2. The van der Waals surface area contributed by atoms with Gasteiger partial charge in [-0.1, -0.05) is 23.7 Å². The van der Waals surface area contributed by atoms with Gasteiger partial charge in [-0.05, 0) is 31.4 Å². The maximum atomic E-state index is 11.9. The molecule has 0 radical (unpaired) electrons. The lowest BCUT2D eigenvalue weighted by atomic mass is 9.95. The molecule has 3 N–H and O–H groups in total. The molecule has 1 aliphatic rings. The van der Waals surface area contributed by atoms with Gasteiger partial charge in [0.2, 0.25) is 5.91 Å². The Kier molecular flexibility index (Phi) is 3.97. The minimum atomic E-state index is -3.39. The van der Waals surface area contributed by atoms with Gasteiger partial charge in [-0.25, -0.2) is 8.42 Å². The summed E-state index contributed by atoms with van der Waals surface area (Å²) >= 11 is 6.07. The predicted octanol–water partition coefficient (Wildman–Crippen LogP) is 1.57. The first-order chi connectivity index (χ1) is 9.27. The highest BCUT2D eigenvalue weighted by molar-refractivity contribution is 7.91. The molecule has 7 heteroatoms. The number of nitrogens with one attached hydrogen (secondary N) is 1. The fourth-order valence-corrected chi connectivity index (χ4v) is 4.64. The maximum absolute atomic E-state index is 11.9. The Morgan fingerprint density at radius 2 is 2.10 bits per heavy atom. The molecule has 1 saturated carbocycles. The number of nitrogens with two attached hydrogens (primary N) is 1. The molecule has 1 fully saturated rings. The van der Waals surface area contributed by atoms with Crippen LogP contribution >= 0.6 is 11.6 Å². The Labute approximate surface area is 123 Å². The molecule has 1 amide bonds. The summed E-state index contributed by atoms with van der Waals surface area (Å²) in [6.07, 6.45) is 2.55. The predicted molar refractivity (Wildman–Crippen MR) is 79.5 cm³/mol. The molecule has 0 aromatic heterocycles. The molecule has 2 rings (SSSR count). The van der Waals surface area contributed by atoms with Gasteiger partial charge in [0.15, 0.2) is 9.84 Å². The van der Waals surface area contributed by atoms with Crippen LogP contribution in [-0.2, 0) is 14.6 Å². The van der Waals surface area contributed by atoms with Gasteiger partial charge in [0.1, 0.15) is 5.54 Å². The molecule has 5 nitrogen and oxygen atoms in total. The number of halogens is 1. The first-order valence-corrected chi connectivity index (χ1v) is 8.62. The lowest BCUT2D eigenvalue weighted by Crippen LogP contribution is -2.58. The van der Waals surface area contributed by atoms with Gasteiger partial charge >= 0.3 is 0 Å². The molecule has 1 aliphatic carbocycles. The maximum Gasteiger partial charge on any atom is 0.244 e. The number of sulfone groups is 1.